The van der Waals surface area contributed by atoms with E-state index in [0.717, 1.165) is 11.3 Å². The van der Waals surface area contributed by atoms with Gasteiger partial charge >= 0.3 is 0 Å². The molecule has 7 heteroatoms. The third-order valence-electron chi connectivity index (χ3n) is 2.50. The van der Waals surface area contributed by atoms with Crippen LogP contribution in [0, 0.1) is 0 Å². The van der Waals surface area contributed by atoms with Gasteiger partial charge < -0.3 is 0 Å². The van der Waals surface area contributed by atoms with Gasteiger partial charge in [-0.25, -0.2) is 13.1 Å². The van der Waals surface area contributed by atoms with Gasteiger partial charge in [-0.2, -0.15) is 16.4 Å². The first-order chi connectivity index (χ1) is 8.61. The molecule has 5 nitrogen and oxygen atoms in total. The minimum atomic E-state index is -3.12. The maximum Gasteiger partial charge on any atom is 0.211 e. The second kappa shape index (κ2) is 5.64. The number of hydrogen-bond acceptors (Lipinski definition) is 4. The van der Waals surface area contributed by atoms with Crippen LogP contribution in [0.25, 0.3) is 11.3 Å². The van der Waals surface area contributed by atoms with Gasteiger partial charge in [-0.3, -0.25) is 4.68 Å². The number of rotatable bonds is 6. The van der Waals surface area contributed by atoms with Gasteiger partial charge in [0.1, 0.15) is 0 Å². The molecule has 2 rings (SSSR count). The van der Waals surface area contributed by atoms with Crippen LogP contribution in [0.15, 0.2) is 29.1 Å². The highest BCUT2D eigenvalue weighted by molar-refractivity contribution is 7.89. The Morgan fingerprint density at radius 2 is 2.28 bits per heavy atom. The molecule has 0 amide bonds. The van der Waals surface area contributed by atoms with E-state index in [-0.39, 0.29) is 5.75 Å². The van der Waals surface area contributed by atoms with Crippen molar-refractivity contribution in [2.45, 2.75) is 13.5 Å². The van der Waals surface area contributed by atoms with Crippen LogP contribution in [0.4, 0.5) is 0 Å². The first-order valence-electron chi connectivity index (χ1n) is 5.64. The summed E-state index contributed by atoms with van der Waals surface area (Å²) in [6.45, 7) is 2.51. The summed E-state index contributed by atoms with van der Waals surface area (Å²) in [4.78, 5) is 0. The molecule has 98 valence electrons. The highest BCUT2D eigenvalue weighted by Gasteiger charge is 2.06. The zero-order valence-electron chi connectivity index (χ0n) is 10.0. The van der Waals surface area contributed by atoms with Crippen LogP contribution in [0.5, 0.6) is 0 Å². The van der Waals surface area contributed by atoms with E-state index in [2.05, 4.69) is 9.82 Å². The predicted octanol–water partition coefficient (Wildman–Crippen LogP) is 1.55. The van der Waals surface area contributed by atoms with Crippen LogP contribution in [0.3, 0.4) is 0 Å². The van der Waals surface area contributed by atoms with Crippen LogP contribution >= 0.6 is 11.3 Å². The smallest absolute Gasteiger partial charge is 0.211 e. The van der Waals surface area contributed by atoms with Gasteiger partial charge in [0.2, 0.25) is 10.0 Å². The molecule has 0 unspecified atom stereocenters. The van der Waals surface area contributed by atoms with E-state index < -0.39 is 10.0 Å². The van der Waals surface area contributed by atoms with Crippen LogP contribution in [-0.2, 0) is 16.6 Å². The standard InChI is InChI=1S/C11H15N3O2S2/c1-2-18(15,16)12-5-7-14-6-3-11(13-14)10-4-8-17-9-10/h3-4,6,8-9,12H,2,5,7H2,1H3. The topological polar surface area (TPSA) is 64.0 Å². The van der Waals surface area contributed by atoms with E-state index in [0.29, 0.717) is 13.1 Å². The number of nitrogens with one attached hydrogen (secondary N) is 1. The molecule has 0 aromatic carbocycles. The van der Waals surface area contributed by atoms with Crippen molar-refractivity contribution in [2.75, 3.05) is 12.3 Å². The highest BCUT2D eigenvalue weighted by atomic mass is 32.2. The lowest BCUT2D eigenvalue weighted by molar-refractivity contribution is 0.562. The molecule has 0 aliphatic carbocycles. The summed E-state index contributed by atoms with van der Waals surface area (Å²) in [6, 6.07) is 3.94. The van der Waals surface area contributed by atoms with Crippen LogP contribution in [0.1, 0.15) is 6.92 Å². The monoisotopic (exact) mass is 285 g/mol. The molecule has 0 radical (unpaired) electrons. The Bertz CT molecular complexity index is 588. The van der Waals surface area contributed by atoms with Crippen molar-refractivity contribution in [3.05, 3.63) is 29.1 Å². The average molecular weight is 285 g/mol. The molecular weight excluding hydrogens is 270 g/mol. The fraction of sp³-hybridized carbons (Fsp3) is 0.364. The van der Waals surface area contributed by atoms with Crippen LogP contribution in [-0.4, -0.2) is 30.5 Å². The average Bonchev–Trinajstić information content (AvgIpc) is 2.98. The Labute approximate surface area is 111 Å². The van der Waals surface area contributed by atoms with Gasteiger partial charge in [-0.1, -0.05) is 0 Å². The van der Waals surface area contributed by atoms with Gasteiger partial charge in [0.05, 0.1) is 18.0 Å². The van der Waals surface area contributed by atoms with Gasteiger partial charge in [-0.05, 0) is 24.4 Å². The Morgan fingerprint density at radius 1 is 1.44 bits per heavy atom. The molecule has 0 aliphatic heterocycles. The Morgan fingerprint density at radius 3 is 2.94 bits per heavy atom. The van der Waals surface area contributed by atoms with Gasteiger partial charge in [0, 0.05) is 23.7 Å². The largest absolute Gasteiger partial charge is 0.271 e. The maximum absolute atomic E-state index is 11.2. The number of aromatic nitrogens is 2. The zero-order chi connectivity index (χ0) is 13.0. The lowest BCUT2D eigenvalue weighted by Gasteiger charge is -2.04. The fourth-order valence-corrected chi connectivity index (χ4v) is 2.72. The van der Waals surface area contributed by atoms with E-state index in [4.69, 9.17) is 0 Å². The molecule has 2 aromatic heterocycles. The summed E-state index contributed by atoms with van der Waals surface area (Å²) in [6.07, 6.45) is 1.85. The van der Waals surface area contributed by atoms with E-state index >= 15 is 0 Å². The van der Waals surface area contributed by atoms with Crippen molar-refractivity contribution in [3.8, 4) is 11.3 Å². The molecule has 0 atom stereocenters. The molecule has 0 aliphatic rings. The predicted molar refractivity (Wildman–Crippen MR) is 73.0 cm³/mol. The summed E-state index contributed by atoms with van der Waals surface area (Å²) in [5.74, 6) is 0.103. The van der Waals surface area contributed by atoms with Crippen LogP contribution in [0.2, 0.25) is 0 Å². The molecule has 18 heavy (non-hydrogen) atoms. The molecule has 0 saturated heterocycles. The SMILES string of the molecule is CCS(=O)(=O)NCCn1ccc(-c2ccsc2)n1. The van der Waals surface area contributed by atoms with E-state index in [1.807, 2.05) is 29.1 Å². The fourth-order valence-electron chi connectivity index (χ4n) is 1.47. The highest BCUT2D eigenvalue weighted by Crippen LogP contribution is 2.19. The maximum atomic E-state index is 11.2. The molecule has 1 N–H and O–H groups in total. The van der Waals surface area contributed by atoms with Crippen molar-refractivity contribution < 1.29 is 8.42 Å². The van der Waals surface area contributed by atoms with E-state index in [1.165, 1.54) is 0 Å². The number of hydrogen-bond donors (Lipinski definition) is 1. The van der Waals surface area contributed by atoms with E-state index in [1.54, 1.807) is 22.9 Å². The molecule has 2 heterocycles. The lowest BCUT2D eigenvalue weighted by atomic mass is 10.2. The van der Waals surface area contributed by atoms with Crippen molar-refractivity contribution in [2.24, 2.45) is 0 Å². The summed E-state index contributed by atoms with van der Waals surface area (Å²) < 4.78 is 26.7. The Balaban J connectivity index is 1.92. The zero-order valence-corrected chi connectivity index (χ0v) is 11.7. The quantitative estimate of drug-likeness (QED) is 0.876. The molecule has 0 spiro atoms. The Kier molecular flexibility index (Phi) is 4.15. The van der Waals surface area contributed by atoms with Crippen molar-refractivity contribution in [3.63, 3.8) is 0 Å². The lowest BCUT2D eigenvalue weighted by Crippen LogP contribution is -2.28. The molecule has 2 aromatic rings. The molecule has 0 saturated carbocycles. The van der Waals surface area contributed by atoms with Crippen molar-refractivity contribution >= 4 is 21.4 Å². The van der Waals surface area contributed by atoms with Crippen LogP contribution < -0.4 is 4.72 Å². The number of thiophene rings is 1. The third kappa shape index (κ3) is 3.41. The number of sulfonamides is 1. The first-order valence-corrected chi connectivity index (χ1v) is 8.23. The summed E-state index contributed by atoms with van der Waals surface area (Å²) >= 11 is 1.63. The van der Waals surface area contributed by atoms with Crippen molar-refractivity contribution in [1.82, 2.24) is 14.5 Å². The van der Waals surface area contributed by atoms with E-state index in [9.17, 15) is 8.42 Å². The second-order valence-electron chi connectivity index (χ2n) is 3.77. The minimum absolute atomic E-state index is 0.103. The van der Waals surface area contributed by atoms with Gasteiger partial charge in [-0.15, -0.1) is 0 Å². The Hall–Kier alpha value is -1.18. The second-order valence-corrected chi connectivity index (χ2v) is 6.65. The summed E-state index contributed by atoms with van der Waals surface area (Å²) in [5, 5.41) is 8.42. The molecule has 0 bridgehead atoms. The third-order valence-corrected chi connectivity index (χ3v) is 4.59. The molecular formula is C11H15N3O2S2. The van der Waals surface area contributed by atoms with Gasteiger partial charge in [0.15, 0.2) is 0 Å². The van der Waals surface area contributed by atoms with Crippen molar-refractivity contribution in [1.29, 1.82) is 0 Å². The summed E-state index contributed by atoms with van der Waals surface area (Å²) in [7, 11) is -3.12. The first kappa shape index (κ1) is 13.3. The summed E-state index contributed by atoms with van der Waals surface area (Å²) in [5.41, 5.74) is 2.00. The normalized spacial score (nSPS) is 11.8. The minimum Gasteiger partial charge on any atom is -0.271 e. The number of nitrogens with zero attached hydrogens (tertiary/aromatic N) is 2. The van der Waals surface area contributed by atoms with Gasteiger partial charge in [0.25, 0.3) is 0 Å². The molecule has 0 fully saturated rings.